The Morgan fingerprint density at radius 1 is 1.00 bits per heavy atom. The third-order valence-corrected chi connectivity index (χ3v) is 8.71. The van der Waals surface area contributed by atoms with E-state index in [-0.39, 0.29) is 45.6 Å². The highest BCUT2D eigenvalue weighted by molar-refractivity contribution is 6.24. The van der Waals surface area contributed by atoms with Crippen LogP contribution in [0.1, 0.15) is 59.2 Å². The van der Waals surface area contributed by atoms with E-state index < -0.39 is 28.5 Å². The SMILES string of the molecule is O=C1c2cccc([N+](=O)[O-])c2C(=O)N1C1CC[C@@H]2[C@H]3CCC[N+]4([O-])CCC[C@@H](CN2C1=O)[C@@H]34. The number of hydrogen-bond acceptors (Lipinski definition) is 6. The molecular weight excluding hydrogens is 428 g/mol. The molecule has 1 aromatic carbocycles. The van der Waals surface area contributed by atoms with Crippen LogP contribution in [0, 0.1) is 27.2 Å². The fourth-order valence-electron chi connectivity index (χ4n) is 7.52. The molecule has 0 radical (unpaired) electrons. The summed E-state index contributed by atoms with van der Waals surface area (Å²) >= 11 is 0. The third-order valence-electron chi connectivity index (χ3n) is 8.71. The van der Waals surface area contributed by atoms with Crippen LogP contribution in [0.25, 0.3) is 0 Å². The summed E-state index contributed by atoms with van der Waals surface area (Å²) in [5.41, 5.74) is -0.658. The lowest BCUT2D eigenvalue weighted by atomic mass is 9.67. The highest BCUT2D eigenvalue weighted by Gasteiger charge is 2.58. The second-order valence-electron chi connectivity index (χ2n) is 10.2. The van der Waals surface area contributed by atoms with Crippen LogP contribution < -0.4 is 0 Å². The zero-order chi connectivity index (χ0) is 23.1. The van der Waals surface area contributed by atoms with Gasteiger partial charge in [0.25, 0.3) is 17.5 Å². The van der Waals surface area contributed by atoms with E-state index in [2.05, 4.69) is 0 Å². The van der Waals surface area contributed by atoms with Crippen LogP contribution in [0.2, 0.25) is 0 Å². The molecule has 6 atom stereocenters. The number of imide groups is 1. The molecule has 1 aromatic rings. The highest BCUT2D eigenvalue weighted by atomic mass is 16.6. The van der Waals surface area contributed by atoms with Crippen molar-refractivity contribution in [2.75, 3.05) is 19.6 Å². The smallest absolute Gasteiger partial charge is 0.282 e. The molecule has 5 heterocycles. The van der Waals surface area contributed by atoms with Crippen LogP contribution in [0.3, 0.4) is 0 Å². The number of piperidine rings is 4. The van der Waals surface area contributed by atoms with Gasteiger partial charge in [0, 0.05) is 30.5 Å². The number of hydroxylamine groups is 3. The van der Waals surface area contributed by atoms with Crippen LogP contribution in [-0.2, 0) is 4.79 Å². The van der Waals surface area contributed by atoms with E-state index >= 15 is 0 Å². The van der Waals surface area contributed by atoms with Crippen molar-refractivity contribution >= 4 is 23.4 Å². The zero-order valence-electron chi connectivity index (χ0n) is 18.2. The minimum absolute atomic E-state index is 0.0177. The Bertz CT molecular complexity index is 1090. The molecule has 5 aliphatic heterocycles. The molecule has 4 fully saturated rings. The Hall–Kier alpha value is -2.85. The fraction of sp³-hybridized carbons (Fsp3) is 0.609. The van der Waals surface area contributed by atoms with Gasteiger partial charge in [-0.1, -0.05) is 6.07 Å². The van der Waals surface area contributed by atoms with E-state index in [0.717, 1.165) is 30.6 Å². The van der Waals surface area contributed by atoms with Crippen molar-refractivity contribution in [3.63, 3.8) is 0 Å². The van der Waals surface area contributed by atoms with Gasteiger partial charge < -0.3 is 14.8 Å². The minimum Gasteiger partial charge on any atom is -0.633 e. The molecule has 0 aromatic heterocycles. The van der Waals surface area contributed by atoms with Gasteiger partial charge in [0.05, 0.1) is 29.6 Å². The molecule has 0 saturated carbocycles. The molecule has 0 spiro atoms. The van der Waals surface area contributed by atoms with Gasteiger partial charge in [-0.3, -0.25) is 29.4 Å². The van der Waals surface area contributed by atoms with E-state index in [4.69, 9.17) is 0 Å². The zero-order valence-corrected chi connectivity index (χ0v) is 18.2. The number of quaternary nitrogens is 1. The maximum absolute atomic E-state index is 13.7. The molecule has 0 aliphatic carbocycles. The number of hydrogen-bond donors (Lipinski definition) is 0. The van der Waals surface area contributed by atoms with Crippen molar-refractivity contribution in [3.05, 3.63) is 44.6 Å². The summed E-state index contributed by atoms with van der Waals surface area (Å²) < 4.78 is -0.126. The number of nitrogens with zero attached hydrogens (tertiary/aromatic N) is 4. The van der Waals surface area contributed by atoms with Crippen LogP contribution >= 0.6 is 0 Å². The number of amides is 3. The first kappa shape index (κ1) is 20.7. The van der Waals surface area contributed by atoms with Crippen LogP contribution in [0.5, 0.6) is 0 Å². The summed E-state index contributed by atoms with van der Waals surface area (Å²) in [6, 6.07) is 3.04. The maximum Gasteiger partial charge on any atom is 0.282 e. The second kappa shape index (κ2) is 7.07. The van der Waals surface area contributed by atoms with Crippen molar-refractivity contribution in [2.45, 2.75) is 56.7 Å². The third kappa shape index (κ3) is 2.77. The maximum atomic E-state index is 13.7. The molecule has 0 bridgehead atoms. The van der Waals surface area contributed by atoms with Crippen LogP contribution in [-0.4, -0.2) is 74.9 Å². The Balaban J connectivity index is 1.31. The van der Waals surface area contributed by atoms with Gasteiger partial charge in [-0.05, 0) is 44.6 Å². The van der Waals surface area contributed by atoms with E-state index in [9.17, 15) is 29.7 Å². The first-order chi connectivity index (χ1) is 15.8. The van der Waals surface area contributed by atoms with Gasteiger partial charge >= 0.3 is 0 Å². The summed E-state index contributed by atoms with van der Waals surface area (Å²) in [7, 11) is 0. The number of carbonyl (C=O) groups excluding carboxylic acids is 3. The normalized spacial score (nSPS) is 37.5. The Kier molecular flexibility index (Phi) is 4.44. The summed E-state index contributed by atoms with van der Waals surface area (Å²) in [5.74, 6) is -1.37. The van der Waals surface area contributed by atoms with E-state index in [0.29, 0.717) is 32.5 Å². The van der Waals surface area contributed by atoms with Crippen molar-refractivity contribution in [1.82, 2.24) is 9.80 Å². The number of nitro benzene ring substituents is 1. The number of carbonyl (C=O) groups is 3. The lowest BCUT2D eigenvalue weighted by molar-refractivity contribution is -0.925. The average Bonchev–Trinajstić information content (AvgIpc) is 3.04. The summed E-state index contributed by atoms with van der Waals surface area (Å²) in [4.78, 5) is 53.5. The predicted molar refractivity (Wildman–Crippen MR) is 115 cm³/mol. The standard InChI is InChI=1S/C23H26N4O6/c28-21-15-5-1-7-17(26(31)32)19(15)23(30)25(21)18-9-8-16-14-6-3-11-27(33)10-2-4-13(20(14)27)12-24(16)22(18)29/h1,5,7,13-14,16,18,20H,2-4,6,8-12H2/t13-,14+,16+,18?,20-,27?/m0/s1. The van der Waals surface area contributed by atoms with E-state index in [1.165, 1.54) is 18.2 Å². The van der Waals surface area contributed by atoms with E-state index in [1.807, 2.05) is 4.90 Å². The molecule has 174 valence electrons. The van der Waals surface area contributed by atoms with Gasteiger partial charge in [0.15, 0.2) is 0 Å². The molecule has 2 unspecified atom stereocenters. The monoisotopic (exact) mass is 454 g/mol. The predicted octanol–water partition coefficient (Wildman–Crippen LogP) is 2.07. The van der Waals surface area contributed by atoms with Gasteiger partial charge in [-0.25, -0.2) is 0 Å². The van der Waals surface area contributed by atoms with Gasteiger partial charge in [0.2, 0.25) is 5.91 Å². The van der Waals surface area contributed by atoms with Crippen molar-refractivity contribution < 1.29 is 24.0 Å². The molecule has 33 heavy (non-hydrogen) atoms. The topological polar surface area (TPSA) is 124 Å². The number of rotatable bonds is 2. The van der Waals surface area contributed by atoms with Gasteiger partial charge in [-0.2, -0.15) is 0 Å². The summed E-state index contributed by atoms with van der Waals surface area (Å²) in [6.07, 6.45) is 4.52. The molecule has 6 rings (SSSR count). The van der Waals surface area contributed by atoms with E-state index in [1.54, 1.807) is 0 Å². The molecule has 3 amide bonds. The summed E-state index contributed by atoms with van der Waals surface area (Å²) in [6.45, 7) is 1.82. The first-order valence-electron chi connectivity index (χ1n) is 11.9. The average molecular weight is 454 g/mol. The second-order valence-corrected chi connectivity index (χ2v) is 10.2. The van der Waals surface area contributed by atoms with Gasteiger partial charge in [-0.15, -0.1) is 0 Å². The molecular formula is C23H26N4O6. The molecule has 5 aliphatic rings. The van der Waals surface area contributed by atoms with Gasteiger partial charge in [0.1, 0.15) is 11.6 Å². The summed E-state index contributed by atoms with van der Waals surface area (Å²) in [5, 5.41) is 25.0. The van der Waals surface area contributed by atoms with Crippen LogP contribution in [0.4, 0.5) is 5.69 Å². The minimum atomic E-state index is -0.955. The molecule has 10 nitrogen and oxygen atoms in total. The van der Waals surface area contributed by atoms with Crippen molar-refractivity contribution in [1.29, 1.82) is 0 Å². The molecule has 10 heteroatoms. The van der Waals surface area contributed by atoms with Crippen LogP contribution in [0.15, 0.2) is 18.2 Å². The number of fused-ring (bicyclic) bond motifs is 3. The molecule has 0 N–H and O–H groups in total. The lowest BCUT2D eigenvalue weighted by Gasteiger charge is -2.64. The number of benzene rings is 1. The van der Waals surface area contributed by atoms with Crippen molar-refractivity contribution in [3.8, 4) is 0 Å². The molecule has 4 saturated heterocycles. The largest absolute Gasteiger partial charge is 0.633 e. The Morgan fingerprint density at radius 3 is 2.52 bits per heavy atom. The fourth-order valence-corrected chi connectivity index (χ4v) is 7.52. The van der Waals surface area contributed by atoms with Crippen molar-refractivity contribution in [2.24, 2.45) is 11.8 Å². The lowest BCUT2D eigenvalue weighted by Crippen LogP contribution is -2.73. The first-order valence-corrected chi connectivity index (χ1v) is 11.9. The Morgan fingerprint density at radius 2 is 1.76 bits per heavy atom. The quantitative estimate of drug-likeness (QED) is 0.222. The highest BCUT2D eigenvalue weighted by Crippen LogP contribution is 2.48. The number of nitro groups is 1. The Labute approximate surface area is 190 Å².